The molecule has 2 atom stereocenters. The SMILES string of the molecule is CCCNCC1(CCOCCCOC)CCOC1C1CC1. The molecule has 1 N–H and O–H groups in total. The van der Waals surface area contributed by atoms with Crippen molar-refractivity contribution < 1.29 is 14.2 Å². The summed E-state index contributed by atoms with van der Waals surface area (Å²) in [6.45, 7) is 7.79. The highest BCUT2D eigenvalue weighted by molar-refractivity contribution is 5.00. The Balaban J connectivity index is 1.77. The topological polar surface area (TPSA) is 39.7 Å². The Hall–Kier alpha value is -0.160. The highest BCUT2D eigenvalue weighted by Crippen LogP contribution is 2.49. The van der Waals surface area contributed by atoms with Crippen molar-refractivity contribution in [3.05, 3.63) is 0 Å². The molecule has 1 saturated carbocycles. The van der Waals surface area contributed by atoms with Gasteiger partial charge in [-0.15, -0.1) is 0 Å². The zero-order valence-corrected chi connectivity index (χ0v) is 13.9. The standard InChI is InChI=1S/C17H33NO3/c1-3-9-18-14-17(7-12-20-11-4-10-19-2)8-13-21-16(17)15-5-6-15/h15-16,18H,3-14H2,1-2H3. The second-order valence-electron chi connectivity index (χ2n) is 6.63. The van der Waals surface area contributed by atoms with E-state index in [4.69, 9.17) is 14.2 Å². The first-order chi connectivity index (χ1) is 10.3. The van der Waals surface area contributed by atoms with E-state index in [1.54, 1.807) is 7.11 Å². The molecule has 2 fully saturated rings. The van der Waals surface area contributed by atoms with Crippen LogP contribution in [-0.4, -0.2) is 52.7 Å². The average Bonchev–Trinajstić information content (AvgIpc) is 3.25. The molecule has 0 radical (unpaired) electrons. The Labute approximate surface area is 129 Å². The Morgan fingerprint density at radius 3 is 2.81 bits per heavy atom. The molecular formula is C17H33NO3. The minimum Gasteiger partial charge on any atom is -0.385 e. The molecule has 0 spiro atoms. The molecule has 4 heteroatoms. The Bertz CT molecular complexity index is 283. The molecule has 4 nitrogen and oxygen atoms in total. The molecule has 0 bridgehead atoms. The van der Waals surface area contributed by atoms with Gasteiger partial charge in [-0.1, -0.05) is 6.92 Å². The van der Waals surface area contributed by atoms with Crippen molar-refractivity contribution in [2.45, 2.75) is 51.6 Å². The molecule has 1 aliphatic heterocycles. The molecule has 2 aliphatic rings. The fourth-order valence-electron chi connectivity index (χ4n) is 3.48. The van der Waals surface area contributed by atoms with E-state index in [0.717, 1.165) is 58.3 Å². The second kappa shape index (κ2) is 9.09. The van der Waals surface area contributed by atoms with Crippen molar-refractivity contribution >= 4 is 0 Å². The lowest BCUT2D eigenvalue weighted by atomic mass is 9.76. The van der Waals surface area contributed by atoms with Gasteiger partial charge in [0.2, 0.25) is 0 Å². The van der Waals surface area contributed by atoms with Crippen LogP contribution in [0.5, 0.6) is 0 Å². The first kappa shape index (κ1) is 17.2. The predicted octanol–water partition coefficient (Wildman–Crippen LogP) is 2.61. The van der Waals surface area contributed by atoms with Crippen LogP contribution in [0.1, 0.15) is 45.4 Å². The molecule has 0 aromatic heterocycles. The van der Waals surface area contributed by atoms with Crippen LogP contribution in [0.3, 0.4) is 0 Å². The van der Waals surface area contributed by atoms with Crippen molar-refractivity contribution in [1.29, 1.82) is 0 Å². The maximum atomic E-state index is 6.10. The van der Waals surface area contributed by atoms with E-state index in [-0.39, 0.29) is 0 Å². The molecule has 1 aliphatic carbocycles. The second-order valence-corrected chi connectivity index (χ2v) is 6.63. The van der Waals surface area contributed by atoms with Crippen LogP contribution in [0, 0.1) is 11.3 Å². The molecule has 2 rings (SSSR count). The summed E-state index contributed by atoms with van der Waals surface area (Å²) >= 11 is 0. The monoisotopic (exact) mass is 299 g/mol. The van der Waals surface area contributed by atoms with Gasteiger partial charge < -0.3 is 19.5 Å². The Morgan fingerprint density at radius 1 is 1.24 bits per heavy atom. The van der Waals surface area contributed by atoms with Crippen molar-refractivity contribution in [3.63, 3.8) is 0 Å². The van der Waals surface area contributed by atoms with Crippen LogP contribution in [0.25, 0.3) is 0 Å². The van der Waals surface area contributed by atoms with Crippen molar-refractivity contribution in [1.82, 2.24) is 5.32 Å². The van der Waals surface area contributed by atoms with Gasteiger partial charge in [0.05, 0.1) is 6.10 Å². The van der Waals surface area contributed by atoms with E-state index in [1.165, 1.54) is 25.7 Å². The first-order valence-corrected chi connectivity index (χ1v) is 8.71. The lowest BCUT2D eigenvalue weighted by Crippen LogP contribution is -2.43. The molecule has 0 aromatic carbocycles. The van der Waals surface area contributed by atoms with Crippen LogP contribution in [0.4, 0.5) is 0 Å². The summed E-state index contributed by atoms with van der Waals surface area (Å²) in [6, 6.07) is 0. The smallest absolute Gasteiger partial charge is 0.0673 e. The van der Waals surface area contributed by atoms with E-state index in [0.29, 0.717) is 11.5 Å². The molecule has 0 aromatic rings. The lowest BCUT2D eigenvalue weighted by Gasteiger charge is -2.35. The fraction of sp³-hybridized carbons (Fsp3) is 1.00. The fourth-order valence-corrected chi connectivity index (χ4v) is 3.48. The zero-order valence-electron chi connectivity index (χ0n) is 13.9. The van der Waals surface area contributed by atoms with Crippen molar-refractivity contribution in [3.8, 4) is 0 Å². The van der Waals surface area contributed by atoms with Gasteiger partial charge in [0.1, 0.15) is 0 Å². The number of ether oxygens (including phenoxy) is 3. The molecule has 0 amide bonds. The normalized spacial score (nSPS) is 29.1. The average molecular weight is 299 g/mol. The Kier molecular flexibility index (Phi) is 7.44. The van der Waals surface area contributed by atoms with E-state index < -0.39 is 0 Å². The number of hydrogen-bond donors (Lipinski definition) is 1. The largest absolute Gasteiger partial charge is 0.385 e. The van der Waals surface area contributed by atoms with E-state index >= 15 is 0 Å². The highest BCUT2D eigenvalue weighted by Gasteiger charge is 2.50. The summed E-state index contributed by atoms with van der Waals surface area (Å²) in [5, 5.41) is 3.64. The van der Waals surface area contributed by atoms with Crippen molar-refractivity contribution in [2.24, 2.45) is 11.3 Å². The first-order valence-electron chi connectivity index (χ1n) is 8.71. The third-order valence-electron chi connectivity index (χ3n) is 4.84. The van der Waals surface area contributed by atoms with Crippen LogP contribution < -0.4 is 5.32 Å². The van der Waals surface area contributed by atoms with Gasteiger partial charge in [0, 0.05) is 45.5 Å². The molecule has 1 heterocycles. The molecular weight excluding hydrogens is 266 g/mol. The van der Waals surface area contributed by atoms with Gasteiger partial charge >= 0.3 is 0 Å². The highest BCUT2D eigenvalue weighted by atomic mass is 16.5. The predicted molar refractivity (Wildman–Crippen MR) is 84.6 cm³/mol. The van der Waals surface area contributed by atoms with Crippen molar-refractivity contribution in [2.75, 3.05) is 46.6 Å². The van der Waals surface area contributed by atoms with Crippen LogP contribution in [-0.2, 0) is 14.2 Å². The number of methoxy groups -OCH3 is 1. The van der Waals surface area contributed by atoms with E-state index in [1.807, 2.05) is 0 Å². The molecule has 21 heavy (non-hydrogen) atoms. The zero-order chi connectivity index (χ0) is 15.0. The lowest BCUT2D eigenvalue weighted by molar-refractivity contribution is 0.00683. The van der Waals surface area contributed by atoms with E-state index in [9.17, 15) is 0 Å². The van der Waals surface area contributed by atoms with Gasteiger partial charge in [-0.05, 0) is 51.0 Å². The summed E-state index contributed by atoms with van der Waals surface area (Å²) < 4.78 is 17.0. The Morgan fingerprint density at radius 2 is 2.10 bits per heavy atom. The maximum Gasteiger partial charge on any atom is 0.0673 e. The van der Waals surface area contributed by atoms with Crippen LogP contribution >= 0.6 is 0 Å². The maximum absolute atomic E-state index is 6.10. The summed E-state index contributed by atoms with van der Waals surface area (Å²) in [6.07, 6.45) is 7.66. The minimum atomic E-state index is 0.303. The molecule has 124 valence electrons. The van der Waals surface area contributed by atoms with Gasteiger partial charge in [-0.25, -0.2) is 0 Å². The third kappa shape index (κ3) is 5.20. The number of rotatable bonds is 12. The van der Waals surface area contributed by atoms with Gasteiger partial charge in [0.15, 0.2) is 0 Å². The van der Waals surface area contributed by atoms with E-state index in [2.05, 4.69) is 12.2 Å². The quantitative estimate of drug-likeness (QED) is 0.562. The van der Waals surface area contributed by atoms with Gasteiger partial charge in [0.25, 0.3) is 0 Å². The van der Waals surface area contributed by atoms with Crippen LogP contribution in [0.15, 0.2) is 0 Å². The number of nitrogens with one attached hydrogen (secondary N) is 1. The molecule has 1 saturated heterocycles. The third-order valence-corrected chi connectivity index (χ3v) is 4.84. The number of hydrogen-bond acceptors (Lipinski definition) is 4. The molecule has 2 unspecified atom stereocenters. The van der Waals surface area contributed by atoms with Crippen LogP contribution in [0.2, 0.25) is 0 Å². The minimum absolute atomic E-state index is 0.303. The summed E-state index contributed by atoms with van der Waals surface area (Å²) in [5.74, 6) is 0.810. The van der Waals surface area contributed by atoms with Gasteiger partial charge in [-0.2, -0.15) is 0 Å². The summed E-state index contributed by atoms with van der Waals surface area (Å²) in [5.41, 5.74) is 0.303. The summed E-state index contributed by atoms with van der Waals surface area (Å²) in [4.78, 5) is 0. The van der Waals surface area contributed by atoms with Gasteiger partial charge in [-0.3, -0.25) is 0 Å². The summed E-state index contributed by atoms with van der Waals surface area (Å²) in [7, 11) is 1.74.